The monoisotopic (exact) mass is 263 g/mol. The molecular formula is C15H25N3O. The predicted molar refractivity (Wildman–Crippen MR) is 79.0 cm³/mol. The van der Waals surface area contributed by atoms with Crippen LogP contribution < -0.4 is 5.73 Å². The lowest BCUT2D eigenvalue weighted by atomic mass is 10.2. The van der Waals surface area contributed by atoms with Crippen molar-refractivity contribution in [1.29, 1.82) is 0 Å². The average Bonchev–Trinajstić information content (AvgIpc) is 2.38. The molecule has 1 heterocycles. The number of nitrogens with zero attached hydrogens (tertiary/aromatic N) is 2. The Hall–Kier alpha value is -1.10. The lowest BCUT2D eigenvalue weighted by molar-refractivity contribution is -0.0397. The number of nitrogen functional groups attached to an aromatic ring is 1. The van der Waals surface area contributed by atoms with Crippen LogP contribution in [0.5, 0.6) is 0 Å². The van der Waals surface area contributed by atoms with Crippen LogP contribution in [0.4, 0.5) is 5.69 Å². The first kappa shape index (κ1) is 14.3. The molecule has 4 heteroatoms. The van der Waals surface area contributed by atoms with Crippen LogP contribution in [0.1, 0.15) is 12.5 Å². The van der Waals surface area contributed by atoms with E-state index >= 15 is 0 Å². The van der Waals surface area contributed by atoms with Crippen LogP contribution in [0.15, 0.2) is 24.3 Å². The molecule has 0 saturated carbocycles. The Morgan fingerprint density at radius 3 is 3.05 bits per heavy atom. The molecule has 1 aromatic carbocycles. The summed E-state index contributed by atoms with van der Waals surface area (Å²) in [6, 6.07) is 8.09. The highest BCUT2D eigenvalue weighted by molar-refractivity contribution is 5.40. The molecule has 0 amide bonds. The Bertz CT molecular complexity index is 397. The second kappa shape index (κ2) is 6.89. The number of rotatable bonds is 5. The minimum atomic E-state index is 0.319. The fourth-order valence-corrected chi connectivity index (χ4v) is 2.59. The smallest absolute Gasteiger partial charge is 0.0829 e. The number of likely N-dealkylation sites (N-methyl/N-ethyl adjacent to an activating group) is 2. The van der Waals surface area contributed by atoms with E-state index in [2.05, 4.69) is 29.8 Å². The zero-order chi connectivity index (χ0) is 13.7. The van der Waals surface area contributed by atoms with Gasteiger partial charge in [-0.1, -0.05) is 19.1 Å². The summed E-state index contributed by atoms with van der Waals surface area (Å²) >= 11 is 0. The Labute approximate surface area is 116 Å². The molecule has 19 heavy (non-hydrogen) atoms. The number of hydrogen-bond acceptors (Lipinski definition) is 4. The fourth-order valence-electron chi connectivity index (χ4n) is 2.59. The van der Waals surface area contributed by atoms with E-state index in [0.29, 0.717) is 6.10 Å². The van der Waals surface area contributed by atoms with Crippen molar-refractivity contribution in [3.8, 4) is 0 Å². The van der Waals surface area contributed by atoms with Crippen molar-refractivity contribution in [2.45, 2.75) is 19.6 Å². The summed E-state index contributed by atoms with van der Waals surface area (Å²) in [6.45, 7) is 8.15. The van der Waals surface area contributed by atoms with Crippen molar-refractivity contribution in [1.82, 2.24) is 9.80 Å². The summed E-state index contributed by atoms with van der Waals surface area (Å²) in [5.74, 6) is 0. The summed E-state index contributed by atoms with van der Waals surface area (Å²) in [5, 5.41) is 0. The molecule has 1 unspecified atom stereocenters. The van der Waals surface area contributed by atoms with Gasteiger partial charge in [0, 0.05) is 31.9 Å². The van der Waals surface area contributed by atoms with Gasteiger partial charge in [0.2, 0.25) is 0 Å². The molecule has 1 aromatic rings. The Kier molecular flexibility index (Phi) is 5.19. The van der Waals surface area contributed by atoms with Crippen LogP contribution in [0.25, 0.3) is 0 Å². The van der Waals surface area contributed by atoms with Crippen LogP contribution >= 0.6 is 0 Å². The van der Waals surface area contributed by atoms with Crippen molar-refractivity contribution in [2.24, 2.45) is 0 Å². The van der Waals surface area contributed by atoms with E-state index in [4.69, 9.17) is 10.5 Å². The quantitative estimate of drug-likeness (QED) is 0.816. The third-order valence-corrected chi connectivity index (χ3v) is 3.59. The first-order chi connectivity index (χ1) is 9.17. The summed E-state index contributed by atoms with van der Waals surface area (Å²) in [6.07, 6.45) is 0.319. The van der Waals surface area contributed by atoms with Gasteiger partial charge in [0.15, 0.2) is 0 Å². The third kappa shape index (κ3) is 4.49. The number of benzene rings is 1. The fraction of sp³-hybridized carbons (Fsp3) is 0.600. The van der Waals surface area contributed by atoms with Gasteiger partial charge in [-0.2, -0.15) is 0 Å². The minimum Gasteiger partial charge on any atom is -0.399 e. The van der Waals surface area contributed by atoms with Crippen molar-refractivity contribution in [3.05, 3.63) is 29.8 Å². The van der Waals surface area contributed by atoms with Gasteiger partial charge in [-0.3, -0.25) is 9.80 Å². The molecule has 1 saturated heterocycles. The molecule has 1 aliphatic heterocycles. The van der Waals surface area contributed by atoms with Crippen molar-refractivity contribution in [2.75, 3.05) is 45.6 Å². The van der Waals surface area contributed by atoms with Gasteiger partial charge in [0.25, 0.3) is 0 Å². The number of nitrogens with two attached hydrogens (primary N) is 1. The zero-order valence-corrected chi connectivity index (χ0v) is 12.0. The van der Waals surface area contributed by atoms with Crippen molar-refractivity contribution < 1.29 is 4.74 Å². The lowest BCUT2D eigenvalue weighted by Gasteiger charge is -2.34. The summed E-state index contributed by atoms with van der Waals surface area (Å²) in [4.78, 5) is 4.75. The maximum atomic E-state index is 5.83. The predicted octanol–water partition coefficient (Wildman–Crippen LogP) is 1.42. The topological polar surface area (TPSA) is 41.7 Å². The van der Waals surface area contributed by atoms with E-state index in [0.717, 1.165) is 45.0 Å². The maximum absolute atomic E-state index is 5.83. The normalized spacial score (nSPS) is 20.9. The average molecular weight is 263 g/mol. The number of morpholine rings is 1. The van der Waals surface area contributed by atoms with Gasteiger partial charge in [-0.25, -0.2) is 0 Å². The first-order valence-electron chi connectivity index (χ1n) is 7.04. The standard InChI is InChI=1S/C15H25N3O/c1-3-18-7-8-19-15(12-18)11-17(2)10-13-5-4-6-14(16)9-13/h4-6,9,15H,3,7-8,10-12,16H2,1-2H3. The molecule has 2 rings (SSSR count). The van der Waals surface area contributed by atoms with E-state index in [1.165, 1.54) is 5.56 Å². The molecule has 0 spiro atoms. The second-order valence-corrected chi connectivity index (χ2v) is 5.33. The lowest BCUT2D eigenvalue weighted by Crippen LogP contribution is -2.46. The van der Waals surface area contributed by atoms with Crippen LogP contribution in [0, 0.1) is 0 Å². The van der Waals surface area contributed by atoms with Gasteiger partial charge >= 0.3 is 0 Å². The third-order valence-electron chi connectivity index (χ3n) is 3.59. The molecule has 2 N–H and O–H groups in total. The van der Waals surface area contributed by atoms with Gasteiger partial charge in [0.05, 0.1) is 12.7 Å². The SMILES string of the molecule is CCN1CCOC(CN(C)Cc2cccc(N)c2)C1. The van der Waals surface area contributed by atoms with Gasteiger partial charge < -0.3 is 10.5 Å². The van der Waals surface area contributed by atoms with E-state index in [1.54, 1.807) is 0 Å². The van der Waals surface area contributed by atoms with Crippen LogP contribution in [0.2, 0.25) is 0 Å². The minimum absolute atomic E-state index is 0.319. The number of hydrogen-bond donors (Lipinski definition) is 1. The largest absolute Gasteiger partial charge is 0.399 e. The number of anilines is 1. The molecule has 0 bridgehead atoms. The molecule has 4 nitrogen and oxygen atoms in total. The van der Waals surface area contributed by atoms with E-state index < -0.39 is 0 Å². The zero-order valence-electron chi connectivity index (χ0n) is 12.0. The molecule has 1 fully saturated rings. The van der Waals surface area contributed by atoms with Gasteiger partial charge in [-0.05, 0) is 31.3 Å². The van der Waals surface area contributed by atoms with E-state index in [1.807, 2.05) is 18.2 Å². The van der Waals surface area contributed by atoms with Crippen LogP contribution in [0.3, 0.4) is 0 Å². The van der Waals surface area contributed by atoms with Crippen molar-refractivity contribution in [3.63, 3.8) is 0 Å². The second-order valence-electron chi connectivity index (χ2n) is 5.33. The van der Waals surface area contributed by atoms with Gasteiger partial charge in [0.1, 0.15) is 0 Å². The number of ether oxygens (including phenoxy) is 1. The maximum Gasteiger partial charge on any atom is 0.0829 e. The van der Waals surface area contributed by atoms with Crippen molar-refractivity contribution >= 4 is 5.69 Å². The Balaban J connectivity index is 1.82. The molecule has 106 valence electrons. The molecule has 0 aromatic heterocycles. The highest BCUT2D eigenvalue weighted by Gasteiger charge is 2.20. The highest BCUT2D eigenvalue weighted by Crippen LogP contribution is 2.11. The van der Waals surface area contributed by atoms with E-state index in [9.17, 15) is 0 Å². The molecule has 0 aliphatic carbocycles. The van der Waals surface area contributed by atoms with E-state index in [-0.39, 0.29) is 0 Å². The summed E-state index contributed by atoms with van der Waals surface area (Å²) < 4.78 is 5.83. The van der Waals surface area contributed by atoms with Crippen LogP contribution in [-0.4, -0.2) is 55.7 Å². The highest BCUT2D eigenvalue weighted by atomic mass is 16.5. The summed E-state index contributed by atoms with van der Waals surface area (Å²) in [7, 11) is 2.14. The molecule has 1 atom stereocenters. The Morgan fingerprint density at radius 2 is 2.32 bits per heavy atom. The van der Waals surface area contributed by atoms with Gasteiger partial charge in [-0.15, -0.1) is 0 Å². The van der Waals surface area contributed by atoms with Crippen LogP contribution in [-0.2, 0) is 11.3 Å². The molecule has 1 aliphatic rings. The Morgan fingerprint density at radius 1 is 1.47 bits per heavy atom. The molecular weight excluding hydrogens is 238 g/mol. The summed E-state index contributed by atoms with van der Waals surface area (Å²) in [5.41, 5.74) is 7.89. The first-order valence-corrected chi connectivity index (χ1v) is 7.04. The molecule has 0 radical (unpaired) electrons.